The van der Waals surface area contributed by atoms with E-state index in [0.717, 1.165) is 11.8 Å². The maximum Gasteiger partial charge on any atom is -0.0300 e. The fraction of sp³-hybridized carbons (Fsp3) is 0.818. The van der Waals surface area contributed by atoms with Gasteiger partial charge in [0.15, 0.2) is 0 Å². The molecule has 0 bridgehead atoms. The van der Waals surface area contributed by atoms with Crippen LogP contribution >= 0.6 is 0 Å². The topological polar surface area (TPSA) is 0 Å². The lowest BCUT2D eigenvalue weighted by Crippen LogP contribution is -1.97. The third-order valence-electron chi connectivity index (χ3n) is 1.93. The van der Waals surface area contributed by atoms with E-state index in [1.54, 1.807) is 0 Å². The first kappa shape index (κ1) is 10.7. The Labute approximate surface area is 71.7 Å². The van der Waals surface area contributed by atoms with E-state index in [4.69, 9.17) is 0 Å². The number of rotatable bonds is 5. The molecule has 0 saturated heterocycles. The quantitative estimate of drug-likeness (QED) is 0.524. The molecular formula is C11H22. The molecule has 0 aromatic carbocycles. The molecule has 0 heterocycles. The molecule has 1 unspecified atom stereocenters. The lowest BCUT2D eigenvalue weighted by atomic mass is 9.94. The maximum absolute atomic E-state index is 3.92. The van der Waals surface area contributed by atoms with Crippen LogP contribution in [-0.4, -0.2) is 0 Å². The monoisotopic (exact) mass is 154 g/mol. The van der Waals surface area contributed by atoms with E-state index in [1.807, 2.05) is 0 Å². The third-order valence-corrected chi connectivity index (χ3v) is 1.93. The molecule has 0 saturated carbocycles. The van der Waals surface area contributed by atoms with Crippen molar-refractivity contribution in [1.29, 1.82) is 0 Å². The van der Waals surface area contributed by atoms with Crippen molar-refractivity contribution >= 4 is 0 Å². The minimum Gasteiger partial charge on any atom is -0.100 e. The Bertz CT molecular complexity index is 111. The molecule has 0 aliphatic carbocycles. The van der Waals surface area contributed by atoms with Crippen molar-refractivity contribution in [2.24, 2.45) is 11.8 Å². The molecule has 0 radical (unpaired) electrons. The van der Waals surface area contributed by atoms with Crippen molar-refractivity contribution in [3.8, 4) is 0 Å². The van der Waals surface area contributed by atoms with E-state index in [-0.39, 0.29) is 0 Å². The van der Waals surface area contributed by atoms with Crippen LogP contribution in [0, 0.1) is 11.8 Å². The summed E-state index contributed by atoms with van der Waals surface area (Å²) in [6.45, 7) is 12.9. The molecule has 1 atom stereocenters. The Kier molecular flexibility index (Phi) is 5.27. The van der Waals surface area contributed by atoms with Crippen LogP contribution in [0.25, 0.3) is 0 Å². The van der Waals surface area contributed by atoms with Crippen LogP contribution in [0.1, 0.15) is 47.0 Å². The standard InChI is InChI=1S/C11H22/c1-9(2)6-7-11(5)8-10(3)4/h9,11H,3,6-8H2,1-2,4-5H3. The Morgan fingerprint density at radius 2 is 1.73 bits per heavy atom. The van der Waals surface area contributed by atoms with Crippen LogP contribution in [0.4, 0.5) is 0 Å². The highest BCUT2D eigenvalue weighted by atomic mass is 14.1. The first-order valence-corrected chi connectivity index (χ1v) is 4.66. The molecule has 0 N–H and O–H groups in total. The van der Waals surface area contributed by atoms with E-state index >= 15 is 0 Å². The van der Waals surface area contributed by atoms with Gasteiger partial charge >= 0.3 is 0 Å². The molecule has 66 valence electrons. The lowest BCUT2D eigenvalue weighted by Gasteiger charge is -2.12. The lowest BCUT2D eigenvalue weighted by molar-refractivity contribution is 0.448. The summed E-state index contributed by atoms with van der Waals surface area (Å²) in [5.74, 6) is 1.68. The molecule has 0 fully saturated rings. The third kappa shape index (κ3) is 7.64. The molecule has 0 aliphatic heterocycles. The van der Waals surface area contributed by atoms with Gasteiger partial charge in [0.2, 0.25) is 0 Å². The van der Waals surface area contributed by atoms with Crippen LogP contribution < -0.4 is 0 Å². The largest absolute Gasteiger partial charge is 0.100 e. The zero-order valence-electron chi connectivity index (χ0n) is 8.48. The predicted molar refractivity (Wildman–Crippen MR) is 52.7 cm³/mol. The normalized spacial score (nSPS) is 13.5. The second kappa shape index (κ2) is 5.40. The summed E-state index contributed by atoms with van der Waals surface area (Å²) in [6, 6.07) is 0. The Morgan fingerprint density at radius 1 is 1.18 bits per heavy atom. The molecule has 0 spiro atoms. The van der Waals surface area contributed by atoms with Gasteiger partial charge in [0.1, 0.15) is 0 Å². The number of allylic oxidation sites excluding steroid dienone is 1. The molecule has 0 aromatic rings. The maximum atomic E-state index is 3.92. The van der Waals surface area contributed by atoms with Crippen LogP contribution in [0.3, 0.4) is 0 Å². The highest BCUT2D eigenvalue weighted by Gasteiger charge is 2.03. The summed E-state index contributed by atoms with van der Waals surface area (Å²) < 4.78 is 0. The summed E-state index contributed by atoms with van der Waals surface area (Å²) in [5.41, 5.74) is 1.32. The van der Waals surface area contributed by atoms with Gasteiger partial charge in [-0.05, 0) is 25.2 Å². The zero-order chi connectivity index (χ0) is 8.85. The average molecular weight is 154 g/mol. The predicted octanol–water partition coefficient (Wildman–Crippen LogP) is 4.02. The van der Waals surface area contributed by atoms with Crippen molar-refractivity contribution < 1.29 is 0 Å². The van der Waals surface area contributed by atoms with Gasteiger partial charge in [-0.1, -0.05) is 39.2 Å². The second-order valence-corrected chi connectivity index (χ2v) is 4.24. The van der Waals surface area contributed by atoms with E-state index in [9.17, 15) is 0 Å². The highest BCUT2D eigenvalue weighted by Crippen LogP contribution is 2.17. The van der Waals surface area contributed by atoms with Crippen molar-refractivity contribution in [3.05, 3.63) is 12.2 Å². The van der Waals surface area contributed by atoms with Crippen LogP contribution in [-0.2, 0) is 0 Å². The van der Waals surface area contributed by atoms with Gasteiger partial charge in [-0.15, -0.1) is 6.58 Å². The van der Waals surface area contributed by atoms with Crippen molar-refractivity contribution in [2.45, 2.75) is 47.0 Å². The molecule has 0 aromatic heterocycles. The number of hydrogen-bond acceptors (Lipinski definition) is 0. The minimum atomic E-state index is 0.829. The van der Waals surface area contributed by atoms with Gasteiger partial charge in [0.25, 0.3) is 0 Å². The van der Waals surface area contributed by atoms with Gasteiger partial charge in [-0.3, -0.25) is 0 Å². The van der Waals surface area contributed by atoms with E-state index in [0.29, 0.717) is 0 Å². The molecular weight excluding hydrogens is 132 g/mol. The van der Waals surface area contributed by atoms with Crippen LogP contribution in [0.2, 0.25) is 0 Å². The summed E-state index contributed by atoms with van der Waals surface area (Å²) in [4.78, 5) is 0. The minimum absolute atomic E-state index is 0.829. The summed E-state index contributed by atoms with van der Waals surface area (Å²) >= 11 is 0. The van der Waals surface area contributed by atoms with Crippen molar-refractivity contribution in [3.63, 3.8) is 0 Å². The second-order valence-electron chi connectivity index (χ2n) is 4.24. The van der Waals surface area contributed by atoms with Crippen LogP contribution in [0.15, 0.2) is 12.2 Å². The van der Waals surface area contributed by atoms with Gasteiger partial charge in [0.05, 0.1) is 0 Å². The summed E-state index contributed by atoms with van der Waals surface area (Å²) in [6.07, 6.45) is 3.91. The van der Waals surface area contributed by atoms with Crippen LogP contribution in [0.5, 0.6) is 0 Å². The van der Waals surface area contributed by atoms with E-state index in [1.165, 1.54) is 24.8 Å². The Hall–Kier alpha value is -0.260. The Morgan fingerprint density at radius 3 is 2.09 bits per heavy atom. The van der Waals surface area contributed by atoms with E-state index in [2.05, 4.69) is 34.3 Å². The fourth-order valence-electron chi connectivity index (χ4n) is 1.31. The SMILES string of the molecule is C=C(C)CC(C)CCC(C)C. The first-order valence-electron chi connectivity index (χ1n) is 4.66. The van der Waals surface area contributed by atoms with Gasteiger partial charge in [0, 0.05) is 0 Å². The Balaban J connectivity index is 3.37. The van der Waals surface area contributed by atoms with E-state index < -0.39 is 0 Å². The van der Waals surface area contributed by atoms with Crippen molar-refractivity contribution in [2.75, 3.05) is 0 Å². The fourth-order valence-corrected chi connectivity index (χ4v) is 1.31. The van der Waals surface area contributed by atoms with Gasteiger partial charge in [-0.25, -0.2) is 0 Å². The van der Waals surface area contributed by atoms with Gasteiger partial charge in [-0.2, -0.15) is 0 Å². The molecule has 11 heavy (non-hydrogen) atoms. The van der Waals surface area contributed by atoms with Crippen molar-refractivity contribution in [1.82, 2.24) is 0 Å². The highest BCUT2D eigenvalue weighted by molar-refractivity contribution is 4.89. The average Bonchev–Trinajstić information content (AvgIpc) is 1.82. The summed E-state index contributed by atoms with van der Waals surface area (Å²) in [5, 5.41) is 0. The first-order chi connectivity index (χ1) is 5.02. The van der Waals surface area contributed by atoms with Gasteiger partial charge < -0.3 is 0 Å². The molecule has 0 rings (SSSR count). The number of hydrogen-bond donors (Lipinski definition) is 0. The summed E-state index contributed by atoms with van der Waals surface area (Å²) in [7, 11) is 0. The molecule has 0 heteroatoms. The molecule has 0 aliphatic rings. The smallest absolute Gasteiger partial charge is 0.0300 e. The zero-order valence-corrected chi connectivity index (χ0v) is 8.48. The molecule has 0 nitrogen and oxygen atoms in total. The molecule has 0 amide bonds.